The van der Waals surface area contributed by atoms with E-state index in [9.17, 15) is 22.0 Å². The number of aromatic nitrogens is 2. The minimum absolute atomic E-state index is 0.00983. The Labute approximate surface area is 175 Å². The highest BCUT2D eigenvalue weighted by atomic mass is 32.2. The van der Waals surface area contributed by atoms with Crippen LogP contribution in [0.15, 0.2) is 53.4 Å². The minimum atomic E-state index is -3.85. The summed E-state index contributed by atoms with van der Waals surface area (Å²) in [6.45, 7) is 0.286. The number of halogens is 2. The third kappa shape index (κ3) is 4.09. The molecule has 156 valence electrons. The largest absolute Gasteiger partial charge is 0.320 e. The Hall–Kier alpha value is -2.76. The van der Waals surface area contributed by atoms with Crippen LogP contribution in [-0.2, 0) is 10.0 Å². The Morgan fingerprint density at radius 2 is 1.87 bits per heavy atom. The number of benzene rings is 2. The molecule has 2 aromatic carbocycles. The van der Waals surface area contributed by atoms with Crippen molar-refractivity contribution in [1.29, 1.82) is 0 Å². The Balaban J connectivity index is 1.54. The fourth-order valence-electron chi connectivity index (χ4n) is 3.23. The first kappa shape index (κ1) is 20.5. The smallest absolute Gasteiger partial charge is 0.286 e. The number of anilines is 1. The lowest BCUT2D eigenvalue weighted by molar-refractivity contribution is 0.102. The predicted octanol–water partition coefficient (Wildman–Crippen LogP) is 3.59. The molecule has 7 nitrogen and oxygen atoms in total. The van der Waals surface area contributed by atoms with Gasteiger partial charge in [0.2, 0.25) is 15.0 Å². The normalized spacial score (nSPS) is 17.2. The lowest BCUT2D eigenvalue weighted by atomic mass is 10.2. The van der Waals surface area contributed by atoms with Gasteiger partial charge in [0.1, 0.15) is 16.6 Å². The van der Waals surface area contributed by atoms with Crippen LogP contribution in [0.4, 0.5) is 14.5 Å². The molecular formula is C19H16F2N4O3S2. The Morgan fingerprint density at radius 1 is 1.10 bits per heavy atom. The van der Waals surface area contributed by atoms with Crippen molar-refractivity contribution in [3.05, 3.63) is 70.2 Å². The summed E-state index contributed by atoms with van der Waals surface area (Å²) in [6, 6.07) is 9.51. The van der Waals surface area contributed by atoms with E-state index < -0.39 is 33.6 Å². The second kappa shape index (κ2) is 8.17. The molecule has 0 aliphatic carbocycles. The van der Waals surface area contributed by atoms with Gasteiger partial charge in [-0.15, -0.1) is 10.2 Å². The summed E-state index contributed by atoms with van der Waals surface area (Å²) in [5.74, 6) is -1.57. The van der Waals surface area contributed by atoms with E-state index in [1.165, 1.54) is 40.7 Å². The van der Waals surface area contributed by atoms with Crippen LogP contribution in [0, 0.1) is 11.6 Å². The van der Waals surface area contributed by atoms with Gasteiger partial charge >= 0.3 is 0 Å². The van der Waals surface area contributed by atoms with Gasteiger partial charge in [0, 0.05) is 12.2 Å². The van der Waals surface area contributed by atoms with Crippen molar-refractivity contribution in [2.24, 2.45) is 0 Å². The summed E-state index contributed by atoms with van der Waals surface area (Å²) in [5, 5.41) is 10.9. The molecule has 4 rings (SSSR count). The molecule has 2 heterocycles. The number of hydrogen-bond donors (Lipinski definition) is 1. The number of carbonyl (C=O) groups is 1. The molecule has 1 aliphatic rings. The first-order chi connectivity index (χ1) is 14.3. The van der Waals surface area contributed by atoms with E-state index in [1.54, 1.807) is 0 Å². The van der Waals surface area contributed by atoms with E-state index in [4.69, 9.17) is 0 Å². The molecule has 1 amide bonds. The van der Waals surface area contributed by atoms with E-state index in [2.05, 4.69) is 15.5 Å². The molecule has 1 saturated heterocycles. The molecular weight excluding hydrogens is 434 g/mol. The summed E-state index contributed by atoms with van der Waals surface area (Å²) in [7, 11) is -3.85. The standard InChI is InChI=1S/C19H16F2N4O3S2/c20-12-6-8-15(9-7-12)30(27,28)25-10-2-5-16(25)18-23-24-19(29-18)17(26)22-14-4-1-3-13(21)11-14/h1,3-4,6-9,11,16H,2,5,10H2,(H,22,26). The van der Waals surface area contributed by atoms with Gasteiger partial charge in [-0.3, -0.25) is 4.79 Å². The second-order valence-corrected chi connectivity index (χ2v) is 9.54. The first-order valence-corrected chi connectivity index (χ1v) is 11.3. The maximum absolute atomic E-state index is 13.3. The molecule has 30 heavy (non-hydrogen) atoms. The third-order valence-corrected chi connectivity index (χ3v) is 7.57. The van der Waals surface area contributed by atoms with Gasteiger partial charge in [-0.1, -0.05) is 17.4 Å². The topological polar surface area (TPSA) is 92.3 Å². The summed E-state index contributed by atoms with van der Waals surface area (Å²) in [4.78, 5) is 12.4. The zero-order valence-corrected chi connectivity index (χ0v) is 17.1. The summed E-state index contributed by atoms with van der Waals surface area (Å²) in [6.07, 6.45) is 1.15. The van der Waals surface area contributed by atoms with E-state index in [1.807, 2.05) is 0 Å². The maximum atomic E-state index is 13.3. The van der Waals surface area contributed by atoms with Crippen LogP contribution in [-0.4, -0.2) is 35.4 Å². The van der Waals surface area contributed by atoms with Gasteiger partial charge in [0.15, 0.2) is 0 Å². The zero-order valence-electron chi connectivity index (χ0n) is 15.5. The number of hydrogen-bond acceptors (Lipinski definition) is 6. The maximum Gasteiger partial charge on any atom is 0.286 e. The fraction of sp³-hybridized carbons (Fsp3) is 0.211. The molecule has 1 atom stereocenters. The van der Waals surface area contributed by atoms with Crippen LogP contribution in [0.3, 0.4) is 0 Å². The molecule has 1 N–H and O–H groups in total. The van der Waals surface area contributed by atoms with Crippen molar-refractivity contribution in [3.8, 4) is 0 Å². The lowest BCUT2D eigenvalue weighted by Gasteiger charge is -2.22. The molecule has 3 aromatic rings. The molecule has 1 fully saturated rings. The Kier molecular flexibility index (Phi) is 5.58. The Bertz CT molecular complexity index is 1180. The first-order valence-electron chi connectivity index (χ1n) is 9.02. The van der Waals surface area contributed by atoms with Crippen LogP contribution in [0.25, 0.3) is 0 Å². The minimum Gasteiger partial charge on any atom is -0.320 e. The molecule has 1 unspecified atom stereocenters. The van der Waals surface area contributed by atoms with E-state index in [0.29, 0.717) is 17.8 Å². The quantitative estimate of drug-likeness (QED) is 0.641. The van der Waals surface area contributed by atoms with E-state index >= 15 is 0 Å². The van der Waals surface area contributed by atoms with Gasteiger partial charge in [-0.25, -0.2) is 17.2 Å². The van der Waals surface area contributed by atoms with Gasteiger partial charge in [0.25, 0.3) is 5.91 Å². The van der Waals surface area contributed by atoms with Crippen molar-refractivity contribution in [2.45, 2.75) is 23.8 Å². The van der Waals surface area contributed by atoms with Crippen molar-refractivity contribution in [1.82, 2.24) is 14.5 Å². The Morgan fingerprint density at radius 3 is 2.60 bits per heavy atom. The summed E-state index contributed by atoms with van der Waals surface area (Å²) in [5.41, 5.74) is 0.276. The van der Waals surface area contributed by atoms with E-state index in [0.717, 1.165) is 23.5 Å². The molecule has 11 heteroatoms. The van der Waals surface area contributed by atoms with Gasteiger partial charge < -0.3 is 5.32 Å². The number of nitrogens with one attached hydrogen (secondary N) is 1. The summed E-state index contributed by atoms with van der Waals surface area (Å²) >= 11 is 0.985. The number of rotatable bonds is 5. The van der Waals surface area contributed by atoms with E-state index in [-0.39, 0.29) is 22.1 Å². The molecule has 0 radical (unpaired) electrons. The molecule has 0 saturated carbocycles. The molecule has 1 aromatic heterocycles. The number of sulfonamides is 1. The monoisotopic (exact) mass is 450 g/mol. The van der Waals surface area contributed by atoms with Gasteiger partial charge in [-0.05, 0) is 55.3 Å². The van der Waals surface area contributed by atoms with Crippen LogP contribution >= 0.6 is 11.3 Å². The highest BCUT2D eigenvalue weighted by Crippen LogP contribution is 2.37. The average Bonchev–Trinajstić information content (AvgIpc) is 3.38. The zero-order chi connectivity index (χ0) is 21.3. The van der Waals surface area contributed by atoms with Crippen LogP contribution < -0.4 is 5.32 Å². The van der Waals surface area contributed by atoms with Crippen LogP contribution in [0.2, 0.25) is 0 Å². The average molecular weight is 450 g/mol. The second-order valence-electron chi connectivity index (χ2n) is 6.64. The molecule has 1 aliphatic heterocycles. The third-order valence-electron chi connectivity index (χ3n) is 4.63. The predicted molar refractivity (Wildman–Crippen MR) is 107 cm³/mol. The lowest BCUT2D eigenvalue weighted by Crippen LogP contribution is -2.30. The number of carbonyl (C=O) groups excluding carboxylic acids is 1. The SMILES string of the molecule is O=C(Nc1cccc(F)c1)c1nnc(C2CCCN2S(=O)(=O)c2ccc(F)cc2)s1. The number of amides is 1. The van der Waals surface area contributed by atoms with Gasteiger partial charge in [0.05, 0.1) is 10.9 Å². The van der Waals surface area contributed by atoms with Crippen molar-refractivity contribution >= 4 is 33.0 Å². The van der Waals surface area contributed by atoms with Gasteiger partial charge in [-0.2, -0.15) is 4.31 Å². The summed E-state index contributed by atoms with van der Waals surface area (Å²) < 4.78 is 53.7. The van der Waals surface area contributed by atoms with Crippen LogP contribution in [0.1, 0.15) is 33.7 Å². The van der Waals surface area contributed by atoms with Crippen LogP contribution in [0.5, 0.6) is 0 Å². The fourth-order valence-corrected chi connectivity index (χ4v) is 5.84. The highest BCUT2D eigenvalue weighted by molar-refractivity contribution is 7.89. The van der Waals surface area contributed by atoms with Crippen molar-refractivity contribution in [2.75, 3.05) is 11.9 Å². The highest BCUT2D eigenvalue weighted by Gasteiger charge is 2.38. The van der Waals surface area contributed by atoms with Crippen molar-refractivity contribution < 1.29 is 22.0 Å². The molecule has 0 bridgehead atoms. The van der Waals surface area contributed by atoms with Crippen molar-refractivity contribution in [3.63, 3.8) is 0 Å². The number of nitrogens with zero attached hydrogens (tertiary/aromatic N) is 3. The molecule has 0 spiro atoms.